The maximum absolute atomic E-state index is 2.50. The van der Waals surface area contributed by atoms with Crippen LogP contribution in [0.5, 0.6) is 0 Å². The van der Waals surface area contributed by atoms with E-state index in [1.54, 1.807) is 0 Å². The van der Waals surface area contributed by atoms with Gasteiger partial charge in [-0.3, -0.25) is 0 Å². The summed E-state index contributed by atoms with van der Waals surface area (Å²) in [6.07, 6.45) is 0. The van der Waals surface area contributed by atoms with E-state index in [0.717, 1.165) is 51.2 Å². The van der Waals surface area contributed by atoms with Crippen LogP contribution in [0.2, 0.25) is 0 Å². The molecule has 0 spiro atoms. The molecule has 23 aromatic carbocycles. The Bertz CT molecular complexity index is 7850. The third-order valence-corrected chi connectivity index (χ3v) is 27.9. The third kappa shape index (κ3) is 13.7. The lowest BCUT2D eigenvalue weighted by Gasteiger charge is -2.35. The van der Waals surface area contributed by atoms with Gasteiger partial charge in [0.25, 0.3) is 0 Å². The summed E-state index contributed by atoms with van der Waals surface area (Å²) in [6.45, 7) is 4.40. The van der Waals surface area contributed by atoms with Gasteiger partial charge >= 0.3 is 0 Å². The highest BCUT2D eigenvalue weighted by Crippen LogP contribution is 2.60. The Morgan fingerprint density at radius 2 is 0.429 bits per heavy atom. The average Bonchev–Trinajstić information content (AvgIpc) is 1.52. The van der Waals surface area contributed by atoms with Gasteiger partial charge in [-0.1, -0.05) is 400 Å². The molecule has 0 saturated heterocycles. The van der Waals surface area contributed by atoms with E-state index in [4.69, 9.17) is 0 Å². The van der Waals surface area contributed by atoms with Gasteiger partial charge < -0.3 is 14.7 Å². The summed E-state index contributed by atoms with van der Waals surface area (Å²) < 4.78 is 0. The Morgan fingerprint density at radius 1 is 0.158 bits per heavy atom. The average molecular weight is 1700 g/mol. The van der Waals surface area contributed by atoms with Gasteiger partial charge in [0.15, 0.2) is 0 Å². The molecule has 2 aliphatic carbocycles. The minimum absolute atomic E-state index is 0.543. The number of anilines is 9. The summed E-state index contributed by atoms with van der Waals surface area (Å²) in [5, 5.41) is 12.3. The highest BCUT2D eigenvalue weighted by molar-refractivity contribution is 6.28. The van der Waals surface area contributed by atoms with Crippen molar-refractivity contribution in [1.82, 2.24) is 0 Å². The number of rotatable bonds is 17. The summed E-state index contributed by atoms with van der Waals surface area (Å²) in [6, 6.07) is 190. The molecule has 0 bridgehead atoms. The van der Waals surface area contributed by atoms with Gasteiger partial charge in [-0.25, -0.2) is 0 Å². The lowest BCUT2D eigenvalue weighted by atomic mass is 9.67. The highest BCUT2D eigenvalue weighted by atomic mass is 15.2. The highest BCUT2D eigenvalue weighted by Gasteiger charge is 2.48. The van der Waals surface area contributed by atoms with Crippen molar-refractivity contribution in [3.8, 4) is 66.8 Å². The Morgan fingerprint density at radius 3 is 0.812 bits per heavy atom. The molecule has 0 amide bonds. The summed E-state index contributed by atoms with van der Waals surface area (Å²) in [5.41, 5.74) is 36.3. The van der Waals surface area contributed by atoms with Crippen LogP contribution in [0.4, 0.5) is 51.2 Å². The molecule has 0 aromatic heterocycles. The SMILES string of the molecule is Cc1cccc(N(c2cccc(C3(c4ccccc4)c4ccccc4-c4ccccc43)c2)c2ccc3ccc4c(N(c5cccc(C)c5)c5cccc(C6(c7ccccc7)c7ccccc7-c7ccccc76)c5)ccc5ccc2c3c54)c1.c1ccc(-c2ccc(N(c3ccc(-c4ccccc4)cc3)c3ccc(-c4ccc5cc(-c6ccc7ccccc7c6)ccc5c4)cc3)cc2)cc1. The number of hydrogen-bond acceptors (Lipinski definition) is 3. The Kier molecular flexibility index (Phi) is 19.9. The van der Waals surface area contributed by atoms with Crippen LogP contribution < -0.4 is 14.7 Å². The van der Waals surface area contributed by atoms with Crippen LogP contribution >= 0.6 is 0 Å². The van der Waals surface area contributed by atoms with Crippen molar-refractivity contribution in [3.63, 3.8) is 0 Å². The van der Waals surface area contributed by atoms with Gasteiger partial charge in [-0.2, -0.15) is 0 Å². The van der Waals surface area contributed by atoms with Crippen molar-refractivity contribution >= 4 is 105 Å². The molecule has 3 heteroatoms. The van der Waals surface area contributed by atoms with Gasteiger partial charge in [-0.15, -0.1) is 0 Å². The van der Waals surface area contributed by atoms with Crippen molar-refractivity contribution in [2.45, 2.75) is 24.7 Å². The van der Waals surface area contributed by atoms with Gasteiger partial charge in [-0.05, 0) is 295 Å². The quantitative estimate of drug-likeness (QED) is 0.0842. The number of benzene rings is 23. The zero-order valence-corrected chi connectivity index (χ0v) is 73.9. The van der Waals surface area contributed by atoms with Crippen LogP contribution in [-0.2, 0) is 10.8 Å². The second kappa shape index (κ2) is 33.3. The van der Waals surface area contributed by atoms with Crippen molar-refractivity contribution in [3.05, 3.63) is 571 Å². The first-order valence-electron chi connectivity index (χ1n) is 46.1. The van der Waals surface area contributed by atoms with Crippen LogP contribution in [0.1, 0.15) is 55.6 Å². The fourth-order valence-corrected chi connectivity index (χ4v) is 21.8. The standard InChI is InChI=1S/C80H56N2.C50H35N/c1-53-21-17-29-61(49-53)81(63-31-19-27-59(51-63)79(57-23-5-3-6-24-57)71-37-13-9-33-65(71)66-34-10-14-38-72(66)79)75-47-43-55-42-46-70-76(48-44-56-41-45-69(75)77(55)78(56)70)82(62-30-18-22-54(2)50-62)64-32-20-28-60(52-64)80(58-25-7-4-8-26-58)73-39-15-11-35-67(73)68-36-12-16-40-74(68)80;1-3-9-36(10-4-1)39-21-27-48(28-22-39)51(49-29-23-40(24-30-49)37-11-5-2-6-12-37)50-31-25-41(26-32-50)43-17-18-46-35-47(20-19-45(46)34-43)44-16-15-38-13-7-8-14-42(38)33-44/h3-52H,1-2H3;1-35H. The number of hydrogen-bond donors (Lipinski definition) is 0. The monoisotopic (exact) mass is 1690 g/mol. The summed E-state index contributed by atoms with van der Waals surface area (Å²) in [5.74, 6) is 0. The van der Waals surface area contributed by atoms with Crippen molar-refractivity contribution < 1.29 is 0 Å². The molecule has 3 nitrogen and oxygen atoms in total. The van der Waals surface area contributed by atoms with Crippen LogP contribution in [0.25, 0.3) is 121 Å². The molecule has 0 heterocycles. The lowest BCUT2D eigenvalue weighted by Crippen LogP contribution is -2.28. The van der Waals surface area contributed by atoms with E-state index in [1.165, 1.54) is 176 Å². The van der Waals surface area contributed by atoms with Gasteiger partial charge in [0.2, 0.25) is 0 Å². The summed E-state index contributed by atoms with van der Waals surface area (Å²) >= 11 is 0. The third-order valence-electron chi connectivity index (χ3n) is 27.9. The second-order valence-corrected chi connectivity index (χ2v) is 35.5. The molecule has 0 atom stereocenters. The van der Waals surface area contributed by atoms with Gasteiger partial charge in [0.05, 0.1) is 22.2 Å². The molecule has 626 valence electrons. The molecule has 0 saturated carbocycles. The maximum atomic E-state index is 2.50. The molecular weight excluding hydrogens is 1600 g/mol. The van der Waals surface area contributed by atoms with Crippen LogP contribution in [0.3, 0.4) is 0 Å². The van der Waals surface area contributed by atoms with E-state index in [1.807, 2.05) is 0 Å². The molecule has 2 aliphatic rings. The van der Waals surface area contributed by atoms with Gasteiger partial charge in [0, 0.05) is 50.6 Å². The molecule has 133 heavy (non-hydrogen) atoms. The van der Waals surface area contributed by atoms with Crippen molar-refractivity contribution in [1.29, 1.82) is 0 Å². The van der Waals surface area contributed by atoms with E-state index < -0.39 is 10.8 Å². The molecule has 0 fully saturated rings. The number of nitrogens with zero attached hydrogens (tertiary/aromatic N) is 3. The number of aryl methyl sites for hydroxylation is 2. The first kappa shape index (κ1) is 79.4. The van der Waals surface area contributed by atoms with E-state index in [-0.39, 0.29) is 0 Å². The fourth-order valence-electron chi connectivity index (χ4n) is 21.8. The van der Waals surface area contributed by atoms with E-state index in [0.29, 0.717) is 0 Å². The van der Waals surface area contributed by atoms with Gasteiger partial charge in [0.1, 0.15) is 0 Å². The van der Waals surface area contributed by atoms with E-state index in [9.17, 15) is 0 Å². The first-order chi connectivity index (χ1) is 65.7. The van der Waals surface area contributed by atoms with Crippen LogP contribution in [-0.4, -0.2) is 0 Å². The van der Waals surface area contributed by atoms with E-state index >= 15 is 0 Å². The first-order valence-corrected chi connectivity index (χ1v) is 46.1. The van der Waals surface area contributed by atoms with Crippen LogP contribution in [0, 0.1) is 13.8 Å². The topological polar surface area (TPSA) is 9.72 Å². The molecule has 0 unspecified atom stereocenters. The smallest absolute Gasteiger partial charge is 0.0714 e. The van der Waals surface area contributed by atoms with Crippen molar-refractivity contribution in [2.75, 3.05) is 14.7 Å². The minimum Gasteiger partial charge on any atom is -0.311 e. The van der Waals surface area contributed by atoms with Crippen LogP contribution in [0.15, 0.2) is 516 Å². The maximum Gasteiger partial charge on any atom is 0.0714 e. The Labute approximate surface area is 777 Å². The Balaban J connectivity index is 0.000000164. The molecule has 23 aromatic rings. The normalized spacial score (nSPS) is 12.6. The molecule has 25 rings (SSSR count). The summed E-state index contributed by atoms with van der Waals surface area (Å²) in [4.78, 5) is 7.34. The largest absolute Gasteiger partial charge is 0.311 e. The molecular formula is C130H91N3. The Hall–Kier alpha value is -17.0. The molecule has 0 N–H and O–H groups in total. The van der Waals surface area contributed by atoms with Crippen molar-refractivity contribution in [2.24, 2.45) is 0 Å². The predicted molar refractivity (Wildman–Crippen MR) is 561 cm³/mol. The number of fused-ring (bicyclic) bond motifs is 8. The fraction of sp³-hybridized carbons (Fsp3) is 0.0308. The zero-order valence-electron chi connectivity index (χ0n) is 73.9. The molecule has 0 aliphatic heterocycles. The van der Waals surface area contributed by atoms with E-state index in [2.05, 4.69) is 544 Å². The minimum atomic E-state index is -0.543. The lowest BCUT2D eigenvalue weighted by molar-refractivity contribution is 0.768. The predicted octanol–water partition coefficient (Wildman–Crippen LogP) is 35.0. The summed E-state index contributed by atoms with van der Waals surface area (Å²) in [7, 11) is 0. The second-order valence-electron chi connectivity index (χ2n) is 35.5. The molecule has 0 radical (unpaired) electrons. The zero-order chi connectivity index (χ0) is 88.5.